The van der Waals surface area contributed by atoms with Gasteiger partial charge >= 0.3 is 22.4 Å². The molecule has 4 nitrogen and oxygen atoms in total. The zero-order valence-electron chi connectivity index (χ0n) is 11.4. The van der Waals surface area contributed by atoms with Crippen molar-refractivity contribution >= 4 is 29.2 Å². The van der Waals surface area contributed by atoms with Gasteiger partial charge in [0.1, 0.15) is 10.3 Å². The molecule has 0 atom stereocenters. The molecule has 0 saturated heterocycles. The Morgan fingerprint density at radius 2 is 1.79 bits per heavy atom. The van der Waals surface area contributed by atoms with E-state index in [9.17, 15) is 0 Å². The molecule has 0 spiro atoms. The summed E-state index contributed by atoms with van der Waals surface area (Å²) in [5, 5.41) is 10.1. The Morgan fingerprint density at radius 1 is 1.26 bits per heavy atom. The topological polar surface area (TPSA) is 46.6 Å². The predicted octanol–water partition coefficient (Wildman–Crippen LogP) is 2.29. The van der Waals surface area contributed by atoms with Crippen LogP contribution in [0.3, 0.4) is 0 Å². The molecule has 0 aromatic heterocycles. The maximum Gasteiger partial charge on any atom is 1.00 e. The number of rotatable bonds is 5. The van der Waals surface area contributed by atoms with E-state index in [2.05, 4.69) is 6.92 Å². The second-order valence-electron chi connectivity index (χ2n) is 4.05. The molecule has 7 heteroatoms. The van der Waals surface area contributed by atoms with Crippen LogP contribution in [0.5, 0.6) is 0 Å². The summed E-state index contributed by atoms with van der Waals surface area (Å²) in [6.45, 7) is 6.08. The van der Waals surface area contributed by atoms with Crippen LogP contribution in [0.2, 0.25) is 0 Å². The van der Waals surface area contributed by atoms with Crippen molar-refractivity contribution in [2.75, 3.05) is 13.6 Å². The number of carboxylic acids is 1. The number of nitrogens with zero attached hydrogens (tertiary/aromatic N) is 2. The van der Waals surface area contributed by atoms with E-state index in [1.807, 2.05) is 23.5 Å². The maximum absolute atomic E-state index is 8.89. The quantitative estimate of drug-likeness (QED) is 0.306. The molecule has 0 N–H and O–H groups in total. The Morgan fingerprint density at radius 3 is 2.16 bits per heavy atom. The molecule has 0 bridgehead atoms. The van der Waals surface area contributed by atoms with Crippen molar-refractivity contribution in [1.82, 2.24) is 9.80 Å². The van der Waals surface area contributed by atoms with Crippen LogP contribution in [0, 0.1) is 6.67 Å². The van der Waals surface area contributed by atoms with Gasteiger partial charge in [0.2, 0.25) is 0 Å². The number of hydrogen-bond donors (Lipinski definition) is 0. The Labute approximate surface area is 141 Å². The number of halogens is 2. The van der Waals surface area contributed by atoms with E-state index in [1.54, 1.807) is 0 Å². The van der Waals surface area contributed by atoms with Gasteiger partial charge in [0.25, 0.3) is 0 Å². The average molecular weight is 403 g/mol. The minimum Gasteiger partial charge on any atom is -0.550 e. The fraction of sp³-hybridized carbons (Fsp3) is 0.667. The van der Waals surface area contributed by atoms with Crippen molar-refractivity contribution in [3.8, 4) is 0 Å². The monoisotopic (exact) mass is 401 g/mol. The van der Waals surface area contributed by atoms with Gasteiger partial charge in [-0.1, -0.05) is 49.4 Å². The van der Waals surface area contributed by atoms with E-state index in [1.165, 1.54) is 25.7 Å². The third kappa shape index (κ3) is 9.63. The van der Waals surface area contributed by atoms with Crippen LogP contribution in [-0.4, -0.2) is 29.4 Å². The van der Waals surface area contributed by atoms with Crippen LogP contribution in [0.1, 0.15) is 39.5 Å². The van der Waals surface area contributed by atoms with E-state index in [0.29, 0.717) is 10.3 Å². The summed E-state index contributed by atoms with van der Waals surface area (Å²) in [6.07, 6.45) is 4.97. The Bertz CT molecular complexity index is 297. The summed E-state index contributed by atoms with van der Waals surface area (Å²) in [7, 11) is 1.90. The summed E-state index contributed by atoms with van der Waals surface area (Å²) in [4.78, 5) is 12.7. The van der Waals surface area contributed by atoms with Crippen LogP contribution in [0.4, 0.5) is 0 Å². The molecule has 0 amide bonds. The fourth-order valence-electron chi connectivity index (χ4n) is 1.44. The molecule has 0 aromatic carbocycles. The molecule has 0 aromatic rings. The second kappa shape index (κ2) is 11.9. The molecular formula is C12H20AgCl2N2O2-. The normalized spacial score (nSPS) is 13.9. The van der Waals surface area contributed by atoms with Crippen LogP contribution >= 0.6 is 23.2 Å². The number of hydrogen-bond acceptors (Lipinski definition) is 4. The third-order valence-corrected chi connectivity index (χ3v) is 3.24. The SMILES string of the molecule is CC(=O)[O-].CCCCCCN1[CH-]N(C)C(Cl)=C1Cl.[Ag+]. The van der Waals surface area contributed by atoms with Gasteiger partial charge in [-0.15, -0.1) is 0 Å². The molecule has 1 aliphatic heterocycles. The van der Waals surface area contributed by atoms with Gasteiger partial charge in [-0.25, -0.2) is 0 Å². The molecule has 0 saturated carbocycles. The Kier molecular flexibility index (Phi) is 13.4. The third-order valence-electron chi connectivity index (χ3n) is 2.30. The number of carbonyl (C=O) groups excluding carboxylic acids is 1. The van der Waals surface area contributed by atoms with Crippen LogP contribution in [-0.2, 0) is 27.2 Å². The van der Waals surface area contributed by atoms with Crippen molar-refractivity contribution in [3.05, 3.63) is 17.0 Å². The first-order chi connectivity index (χ1) is 8.40. The maximum atomic E-state index is 8.89. The second-order valence-corrected chi connectivity index (χ2v) is 4.77. The van der Waals surface area contributed by atoms with Crippen molar-refractivity contribution in [1.29, 1.82) is 0 Å². The Hall–Kier alpha value is 0.130. The first-order valence-corrected chi connectivity index (χ1v) is 6.73. The molecular weight excluding hydrogens is 383 g/mol. The number of carboxylic acid groups (broad SMARTS) is 1. The molecule has 0 aliphatic carbocycles. The van der Waals surface area contributed by atoms with Gasteiger partial charge in [-0.2, -0.15) is 6.67 Å². The minimum atomic E-state index is -1.08. The summed E-state index contributed by atoms with van der Waals surface area (Å²) in [5.41, 5.74) is 0. The molecule has 0 radical (unpaired) electrons. The van der Waals surface area contributed by atoms with Gasteiger partial charge in [-0.05, 0) is 26.9 Å². The number of carbonyl (C=O) groups is 1. The van der Waals surface area contributed by atoms with Gasteiger partial charge < -0.3 is 19.7 Å². The Balaban J connectivity index is 0. The fourth-order valence-corrected chi connectivity index (χ4v) is 1.85. The van der Waals surface area contributed by atoms with Crippen LogP contribution in [0.15, 0.2) is 10.3 Å². The standard InChI is InChI=1S/C10H17Cl2N2.C2H4O2.Ag/c1-3-4-5-6-7-14-8-13(2)9(11)10(14)12;1-2(3)4;/h8H,3-7H2,1-2H3;1H3,(H,3,4);/q-1;;+1/p-1. The van der Waals surface area contributed by atoms with Gasteiger partial charge in [-0.3, -0.25) is 0 Å². The number of unbranched alkanes of at least 4 members (excludes halogenated alkanes) is 3. The van der Waals surface area contributed by atoms with E-state index < -0.39 is 5.97 Å². The van der Waals surface area contributed by atoms with Crippen LogP contribution < -0.4 is 5.11 Å². The van der Waals surface area contributed by atoms with Crippen molar-refractivity contribution < 1.29 is 32.3 Å². The van der Waals surface area contributed by atoms with Crippen molar-refractivity contribution in [2.24, 2.45) is 0 Å². The summed E-state index contributed by atoms with van der Waals surface area (Å²) < 4.78 is 0. The summed E-state index contributed by atoms with van der Waals surface area (Å²) >= 11 is 12.0. The molecule has 1 heterocycles. The van der Waals surface area contributed by atoms with E-state index in [0.717, 1.165) is 13.5 Å². The molecule has 0 unspecified atom stereocenters. The molecule has 1 rings (SSSR count). The summed E-state index contributed by atoms with van der Waals surface area (Å²) in [6, 6.07) is 0. The molecule has 0 fully saturated rings. The first-order valence-electron chi connectivity index (χ1n) is 5.97. The smallest absolute Gasteiger partial charge is 0.550 e. The molecule has 116 valence electrons. The van der Waals surface area contributed by atoms with Crippen molar-refractivity contribution in [3.63, 3.8) is 0 Å². The minimum absolute atomic E-state index is 0. The van der Waals surface area contributed by atoms with Crippen molar-refractivity contribution in [2.45, 2.75) is 39.5 Å². The summed E-state index contributed by atoms with van der Waals surface area (Å²) in [5.74, 6) is -1.08. The molecule has 1 aliphatic rings. The number of aliphatic carboxylic acids is 1. The van der Waals surface area contributed by atoms with E-state index in [-0.39, 0.29) is 22.4 Å². The molecule has 19 heavy (non-hydrogen) atoms. The van der Waals surface area contributed by atoms with Gasteiger partial charge in [0, 0.05) is 5.97 Å². The zero-order valence-corrected chi connectivity index (χ0v) is 14.4. The van der Waals surface area contributed by atoms with E-state index >= 15 is 0 Å². The zero-order chi connectivity index (χ0) is 14.1. The van der Waals surface area contributed by atoms with Crippen LogP contribution in [0.25, 0.3) is 0 Å². The largest absolute Gasteiger partial charge is 1.00 e. The average Bonchev–Trinajstić information content (AvgIpc) is 2.52. The van der Waals surface area contributed by atoms with E-state index in [4.69, 9.17) is 33.1 Å². The van der Waals surface area contributed by atoms with Gasteiger partial charge in [0.15, 0.2) is 0 Å². The van der Waals surface area contributed by atoms with Gasteiger partial charge in [0.05, 0.1) is 0 Å². The predicted molar refractivity (Wildman–Crippen MR) is 72.3 cm³/mol. The first kappa shape index (κ1) is 21.4.